The number of hydrogen-bond acceptors (Lipinski definition) is 6. The third-order valence-corrected chi connectivity index (χ3v) is 7.16. The number of hydrogen-bond donors (Lipinski definition) is 1. The molecule has 0 aromatic heterocycles. The third-order valence-electron chi connectivity index (χ3n) is 7.16. The zero-order valence-corrected chi connectivity index (χ0v) is 23.3. The summed E-state index contributed by atoms with van der Waals surface area (Å²) in [4.78, 5) is 41.5. The average molecular weight is 579 g/mol. The molecule has 2 amide bonds. The summed E-state index contributed by atoms with van der Waals surface area (Å²) in [5, 5.41) is 12.1. The van der Waals surface area contributed by atoms with E-state index in [4.69, 9.17) is 10.00 Å². The van der Waals surface area contributed by atoms with Gasteiger partial charge in [-0.2, -0.15) is 18.4 Å². The molecule has 0 saturated carbocycles. The summed E-state index contributed by atoms with van der Waals surface area (Å²) in [7, 11) is 1.61. The lowest BCUT2D eigenvalue weighted by Crippen LogP contribution is -2.58. The maximum atomic E-state index is 13.7. The Balaban J connectivity index is 1.50. The lowest BCUT2D eigenvalue weighted by atomic mass is 9.98. The van der Waals surface area contributed by atoms with E-state index in [1.165, 1.54) is 28.0 Å². The molecule has 11 heteroatoms. The van der Waals surface area contributed by atoms with Crippen LogP contribution < -0.4 is 10.1 Å². The number of aryl methyl sites for hydroxylation is 2. The molecule has 8 nitrogen and oxygen atoms in total. The Morgan fingerprint density at radius 3 is 2.38 bits per heavy atom. The number of nitrogens with one attached hydrogen (secondary N) is 1. The number of nitrogens with zero attached hydrogens (tertiary/aromatic N) is 3. The van der Waals surface area contributed by atoms with E-state index in [9.17, 15) is 27.6 Å². The summed E-state index contributed by atoms with van der Waals surface area (Å²) in [5.41, 5.74) is 2.44. The van der Waals surface area contributed by atoms with E-state index in [-0.39, 0.29) is 43.3 Å². The van der Waals surface area contributed by atoms with Gasteiger partial charge in [0, 0.05) is 32.4 Å². The van der Waals surface area contributed by atoms with Crippen LogP contribution in [0.4, 0.5) is 18.9 Å². The molecule has 1 fully saturated rings. The Bertz CT molecular complexity index is 1540. The Hall–Kier alpha value is -4.85. The molecule has 0 aliphatic carbocycles. The molecule has 4 rings (SSSR count). The minimum Gasteiger partial charge on any atom is -0.483 e. The summed E-state index contributed by atoms with van der Waals surface area (Å²) < 4.78 is 45.6. The maximum Gasteiger partial charge on any atom is 0.416 e. The number of anilines is 1. The maximum absolute atomic E-state index is 13.7. The van der Waals surface area contributed by atoms with Crippen LogP contribution in [-0.4, -0.2) is 67.2 Å². The summed E-state index contributed by atoms with van der Waals surface area (Å²) in [6.45, 7) is 3.47. The van der Waals surface area contributed by atoms with Crippen molar-refractivity contribution in [1.29, 1.82) is 5.26 Å². The van der Waals surface area contributed by atoms with Gasteiger partial charge in [0.15, 0.2) is 6.61 Å². The van der Waals surface area contributed by atoms with Crippen LogP contribution in [0.25, 0.3) is 11.1 Å². The summed E-state index contributed by atoms with van der Waals surface area (Å²) in [6.07, 6.45) is -3.92. The molecule has 0 spiro atoms. The topological polar surface area (TPSA) is 103 Å². The lowest BCUT2D eigenvalue weighted by Gasteiger charge is -2.39. The van der Waals surface area contributed by atoms with Gasteiger partial charge >= 0.3 is 6.18 Å². The first-order chi connectivity index (χ1) is 20.0. The largest absolute Gasteiger partial charge is 0.483 e. The Morgan fingerprint density at radius 2 is 1.76 bits per heavy atom. The van der Waals surface area contributed by atoms with Gasteiger partial charge in [0.1, 0.15) is 18.1 Å². The van der Waals surface area contributed by atoms with Crippen molar-refractivity contribution in [3.05, 3.63) is 82.4 Å². The molecular weight excluding hydrogens is 549 g/mol. The lowest BCUT2D eigenvalue weighted by molar-refractivity contribution is -0.138. The smallest absolute Gasteiger partial charge is 0.416 e. The van der Waals surface area contributed by atoms with Crippen molar-refractivity contribution in [3.63, 3.8) is 0 Å². The van der Waals surface area contributed by atoms with Crippen molar-refractivity contribution in [2.75, 3.05) is 38.6 Å². The molecule has 218 valence electrons. The van der Waals surface area contributed by atoms with Crippen LogP contribution >= 0.6 is 0 Å². The van der Waals surface area contributed by atoms with Gasteiger partial charge < -0.3 is 24.6 Å². The number of nitriles is 1. The van der Waals surface area contributed by atoms with E-state index in [2.05, 4.69) is 11.4 Å². The molecule has 1 aliphatic rings. The van der Waals surface area contributed by atoms with Crippen molar-refractivity contribution in [3.8, 4) is 22.9 Å². The number of alkyl halides is 3. The first kappa shape index (κ1) is 30.1. The summed E-state index contributed by atoms with van der Waals surface area (Å²) in [6, 6.07) is 14.0. The van der Waals surface area contributed by atoms with Crippen LogP contribution in [0, 0.1) is 25.2 Å². The van der Waals surface area contributed by atoms with E-state index >= 15 is 0 Å². The zero-order chi connectivity index (χ0) is 30.6. The number of amides is 2. The standard InChI is InChI=1S/C31H29F3N4O4/c1-19-11-21(15-35)12-20(2)29(19)42-18-28(40)37-9-10-38(25(16-37)17-39)30(41)26-14-23(7-8-27(26)36-3)22-5-4-6-24(13-22)31(32,33)34/h4-8,11-14,17,25,36H,9-10,16,18H2,1-3H3. The highest BCUT2D eigenvalue weighted by molar-refractivity contribution is 6.02. The molecule has 42 heavy (non-hydrogen) atoms. The molecule has 1 atom stereocenters. The zero-order valence-electron chi connectivity index (χ0n) is 23.3. The molecule has 1 heterocycles. The monoisotopic (exact) mass is 578 g/mol. The van der Waals surface area contributed by atoms with Crippen LogP contribution in [-0.2, 0) is 15.8 Å². The van der Waals surface area contributed by atoms with Crippen molar-refractivity contribution in [2.45, 2.75) is 26.1 Å². The fraction of sp³-hybridized carbons (Fsp3) is 0.290. The highest BCUT2D eigenvalue weighted by Crippen LogP contribution is 2.33. The SMILES string of the molecule is CNc1ccc(-c2cccc(C(F)(F)F)c2)cc1C(=O)N1CCN(C(=O)COc2c(C)cc(C#N)cc2C)CC1C=O. The fourth-order valence-corrected chi connectivity index (χ4v) is 5.02. The van der Waals surface area contributed by atoms with Crippen LogP contribution in [0.15, 0.2) is 54.6 Å². The van der Waals surface area contributed by atoms with Gasteiger partial charge in [0.05, 0.1) is 22.8 Å². The number of rotatable bonds is 7. The fourth-order valence-electron chi connectivity index (χ4n) is 5.02. The minimum atomic E-state index is -4.52. The van der Waals surface area contributed by atoms with E-state index in [1.807, 2.05) is 0 Å². The van der Waals surface area contributed by atoms with Gasteiger partial charge in [0.2, 0.25) is 0 Å². The molecule has 3 aromatic carbocycles. The number of carbonyl (C=O) groups is 3. The van der Waals surface area contributed by atoms with E-state index in [0.717, 1.165) is 12.1 Å². The van der Waals surface area contributed by atoms with Crippen molar-refractivity contribution < 1.29 is 32.3 Å². The highest BCUT2D eigenvalue weighted by Gasteiger charge is 2.34. The van der Waals surface area contributed by atoms with Crippen molar-refractivity contribution in [2.24, 2.45) is 0 Å². The Labute approximate surface area is 241 Å². The molecular formula is C31H29F3N4O4. The van der Waals surface area contributed by atoms with Gasteiger partial charge in [-0.1, -0.05) is 18.2 Å². The van der Waals surface area contributed by atoms with E-state index < -0.39 is 23.7 Å². The Morgan fingerprint density at radius 1 is 1.07 bits per heavy atom. The Kier molecular flexibility index (Phi) is 8.85. The number of benzene rings is 3. The molecule has 1 aliphatic heterocycles. The molecule has 1 N–H and O–H groups in total. The molecule has 3 aromatic rings. The highest BCUT2D eigenvalue weighted by atomic mass is 19.4. The van der Waals surface area contributed by atoms with Crippen LogP contribution in [0.3, 0.4) is 0 Å². The minimum absolute atomic E-state index is 0.0367. The number of ether oxygens (including phenoxy) is 1. The van der Waals surface area contributed by atoms with Gasteiger partial charge in [-0.25, -0.2) is 0 Å². The second-order valence-electron chi connectivity index (χ2n) is 9.97. The van der Waals surface area contributed by atoms with Gasteiger partial charge in [0.25, 0.3) is 11.8 Å². The van der Waals surface area contributed by atoms with Crippen LogP contribution in [0.5, 0.6) is 5.75 Å². The van der Waals surface area contributed by atoms with Gasteiger partial charge in [-0.05, 0) is 72.5 Å². The second kappa shape index (κ2) is 12.3. The first-order valence-electron chi connectivity index (χ1n) is 13.1. The van der Waals surface area contributed by atoms with Gasteiger partial charge in [-0.15, -0.1) is 0 Å². The van der Waals surface area contributed by atoms with Crippen molar-refractivity contribution >= 4 is 23.8 Å². The molecule has 1 unspecified atom stereocenters. The van der Waals surface area contributed by atoms with Crippen LogP contribution in [0.1, 0.15) is 32.6 Å². The summed E-state index contributed by atoms with van der Waals surface area (Å²) in [5.74, 6) is -0.347. The number of carbonyl (C=O) groups excluding carboxylic acids is 3. The first-order valence-corrected chi connectivity index (χ1v) is 13.1. The van der Waals surface area contributed by atoms with Crippen molar-refractivity contribution in [1.82, 2.24) is 9.80 Å². The predicted molar refractivity (Wildman–Crippen MR) is 150 cm³/mol. The quantitative estimate of drug-likeness (QED) is 0.403. The number of halogens is 3. The summed E-state index contributed by atoms with van der Waals surface area (Å²) >= 11 is 0. The normalized spacial score (nSPS) is 15.1. The van der Waals surface area contributed by atoms with Gasteiger partial charge in [-0.3, -0.25) is 9.59 Å². The second-order valence-corrected chi connectivity index (χ2v) is 9.97. The predicted octanol–water partition coefficient (Wildman–Crippen LogP) is 4.83. The molecule has 1 saturated heterocycles. The third kappa shape index (κ3) is 6.38. The molecule has 0 bridgehead atoms. The van der Waals surface area contributed by atoms with E-state index in [0.29, 0.717) is 40.0 Å². The van der Waals surface area contributed by atoms with E-state index in [1.54, 1.807) is 45.2 Å². The number of aldehydes is 1. The number of piperazine rings is 1. The average Bonchev–Trinajstić information content (AvgIpc) is 2.98. The molecule has 0 radical (unpaired) electrons. The van der Waals surface area contributed by atoms with Crippen LogP contribution in [0.2, 0.25) is 0 Å².